The fourth-order valence-electron chi connectivity index (χ4n) is 4.45. The summed E-state index contributed by atoms with van der Waals surface area (Å²) in [5.41, 5.74) is -0.0734. The van der Waals surface area contributed by atoms with Crippen molar-refractivity contribution in [1.82, 2.24) is 0 Å². The van der Waals surface area contributed by atoms with Gasteiger partial charge in [-0.05, 0) is 30.6 Å². The van der Waals surface area contributed by atoms with Crippen LogP contribution in [0.2, 0.25) is 0 Å². The summed E-state index contributed by atoms with van der Waals surface area (Å²) in [5.74, 6) is 1.79. The van der Waals surface area contributed by atoms with Crippen LogP contribution in [-0.4, -0.2) is 12.1 Å². The lowest BCUT2D eigenvalue weighted by molar-refractivity contribution is -0.150. The van der Waals surface area contributed by atoms with Crippen LogP contribution in [0.3, 0.4) is 0 Å². The van der Waals surface area contributed by atoms with E-state index >= 15 is 0 Å². The van der Waals surface area contributed by atoms with Crippen LogP contribution in [0.25, 0.3) is 0 Å². The van der Waals surface area contributed by atoms with E-state index in [4.69, 9.17) is 4.74 Å². The predicted molar refractivity (Wildman–Crippen MR) is 52.5 cm³/mol. The molecule has 1 aliphatic heterocycles. The predicted octanol–water partition coefficient (Wildman–Crippen LogP) is 2.23. The molecule has 0 amide bonds. The van der Waals surface area contributed by atoms with Crippen molar-refractivity contribution < 1.29 is 9.53 Å². The van der Waals surface area contributed by atoms with Crippen LogP contribution in [-0.2, 0) is 9.53 Å². The van der Waals surface area contributed by atoms with Crippen LogP contribution in [0.1, 0.15) is 34.1 Å². The van der Waals surface area contributed by atoms with Gasteiger partial charge in [-0.3, -0.25) is 4.79 Å². The van der Waals surface area contributed by atoms with Crippen LogP contribution in [0.15, 0.2) is 0 Å². The largest absolute Gasteiger partial charge is 0.461 e. The van der Waals surface area contributed by atoms with E-state index in [1.54, 1.807) is 0 Å². The van der Waals surface area contributed by atoms with Gasteiger partial charge in [0.15, 0.2) is 0 Å². The molecule has 0 aromatic heterocycles. The zero-order chi connectivity index (χ0) is 10.3. The van der Waals surface area contributed by atoms with Crippen molar-refractivity contribution in [1.29, 1.82) is 0 Å². The highest BCUT2D eigenvalue weighted by Crippen LogP contribution is 2.71. The lowest BCUT2D eigenvalue weighted by atomic mass is 9.57. The van der Waals surface area contributed by atoms with Crippen molar-refractivity contribution in [3.8, 4) is 0 Å². The molecule has 2 heteroatoms. The number of hydrogen-bond donors (Lipinski definition) is 0. The number of fused-ring (bicyclic) bond motifs is 1. The van der Waals surface area contributed by atoms with Gasteiger partial charge in [-0.15, -0.1) is 0 Å². The van der Waals surface area contributed by atoms with Crippen molar-refractivity contribution in [3.05, 3.63) is 0 Å². The highest BCUT2D eigenvalue weighted by atomic mass is 16.6. The zero-order valence-electron chi connectivity index (χ0n) is 9.33. The zero-order valence-corrected chi connectivity index (χ0v) is 9.33. The third-order valence-electron chi connectivity index (χ3n) is 5.73. The summed E-state index contributed by atoms with van der Waals surface area (Å²) in [4.78, 5) is 12.0. The molecule has 14 heavy (non-hydrogen) atoms. The van der Waals surface area contributed by atoms with E-state index in [1.165, 1.54) is 6.42 Å². The van der Waals surface area contributed by atoms with E-state index in [0.717, 1.165) is 0 Å². The highest BCUT2D eigenvalue weighted by Gasteiger charge is 2.75. The van der Waals surface area contributed by atoms with Gasteiger partial charge in [-0.2, -0.15) is 0 Å². The molecule has 78 valence electrons. The van der Waals surface area contributed by atoms with Gasteiger partial charge in [0.1, 0.15) is 6.10 Å². The molecule has 0 aromatic carbocycles. The molecule has 3 fully saturated rings. The Morgan fingerprint density at radius 3 is 2.50 bits per heavy atom. The third-order valence-corrected chi connectivity index (χ3v) is 5.73. The molecule has 0 spiro atoms. The Hall–Kier alpha value is -0.530. The SMILES string of the molecule is CC1C2OC(=O)C3(C)C2CC1C3(C)C. The number of carbonyl (C=O) groups excluding carboxylic acids is 1. The molecule has 2 bridgehead atoms. The standard InChI is InChI=1S/C12H18O2/c1-6-7-5-8-9(6)14-10(13)12(8,4)11(7,2)3/h6-9H,5H2,1-4H3. The van der Waals surface area contributed by atoms with Gasteiger partial charge in [-0.1, -0.05) is 20.8 Å². The third kappa shape index (κ3) is 0.582. The fraction of sp³-hybridized carbons (Fsp3) is 0.917. The van der Waals surface area contributed by atoms with Gasteiger partial charge >= 0.3 is 5.97 Å². The van der Waals surface area contributed by atoms with E-state index in [1.807, 2.05) is 0 Å². The van der Waals surface area contributed by atoms with E-state index in [2.05, 4.69) is 27.7 Å². The van der Waals surface area contributed by atoms with Gasteiger partial charge in [-0.25, -0.2) is 0 Å². The summed E-state index contributed by atoms with van der Waals surface area (Å²) in [5, 5.41) is 0. The van der Waals surface area contributed by atoms with Crippen LogP contribution >= 0.6 is 0 Å². The molecule has 2 saturated carbocycles. The first-order chi connectivity index (χ1) is 6.40. The smallest absolute Gasteiger partial charge is 0.313 e. The summed E-state index contributed by atoms with van der Waals surface area (Å²) in [6.07, 6.45) is 1.42. The van der Waals surface area contributed by atoms with Gasteiger partial charge in [0.25, 0.3) is 0 Å². The second-order valence-electron chi connectivity index (χ2n) is 6.10. The summed E-state index contributed by atoms with van der Waals surface area (Å²) in [7, 11) is 0. The molecule has 1 saturated heterocycles. The molecular formula is C12H18O2. The molecule has 3 rings (SSSR count). The molecule has 3 aliphatic rings. The van der Waals surface area contributed by atoms with Crippen LogP contribution in [0.5, 0.6) is 0 Å². The topological polar surface area (TPSA) is 26.3 Å². The summed E-state index contributed by atoms with van der Waals surface area (Å²) in [6, 6.07) is 0. The average molecular weight is 194 g/mol. The molecule has 5 atom stereocenters. The molecule has 2 aliphatic carbocycles. The first kappa shape index (κ1) is 8.75. The second-order valence-corrected chi connectivity index (χ2v) is 6.10. The number of rotatable bonds is 0. The van der Waals surface area contributed by atoms with E-state index < -0.39 is 0 Å². The number of esters is 1. The summed E-state index contributed by atoms with van der Waals surface area (Å²) in [6.45, 7) is 8.86. The Kier molecular flexibility index (Phi) is 1.27. The normalized spacial score (nSPS) is 57.9. The maximum absolute atomic E-state index is 12.0. The summed E-state index contributed by atoms with van der Waals surface area (Å²) < 4.78 is 5.55. The quantitative estimate of drug-likeness (QED) is 0.553. The van der Waals surface area contributed by atoms with Crippen molar-refractivity contribution in [3.63, 3.8) is 0 Å². The Labute approximate surface area is 85.0 Å². The van der Waals surface area contributed by atoms with Crippen molar-refractivity contribution in [2.75, 3.05) is 0 Å². The van der Waals surface area contributed by atoms with Gasteiger partial charge in [0.2, 0.25) is 0 Å². The van der Waals surface area contributed by atoms with Crippen LogP contribution < -0.4 is 0 Å². The van der Waals surface area contributed by atoms with Gasteiger partial charge in [0, 0.05) is 5.92 Å². The minimum absolute atomic E-state index is 0.0596. The number of hydrogen-bond acceptors (Lipinski definition) is 2. The Morgan fingerprint density at radius 2 is 1.93 bits per heavy atom. The second kappa shape index (κ2) is 2.02. The molecular weight excluding hydrogens is 176 g/mol. The van der Waals surface area contributed by atoms with Crippen molar-refractivity contribution >= 4 is 5.97 Å². The van der Waals surface area contributed by atoms with E-state index in [0.29, 0.717) is 17.8 Å². The van der Waals surface area contributed by atoms with E-state index in [-0.39, 0.29) is 22.9 Å². The summed E-state index contributed by atoms with van der Waals surface area (Å²) >= 11 is 0. The lowest BCUT2D eigenvalue weighted by Gasteiger charge is -2.43. The van der Waals surface area contributed by atoms with E-state index in [9.17, 15) is 4.79 Å². The minimum Gasteiger partial charge on any atom is -0.461 e. The number of ether oxygens (including phenoxy) is 1. The Balaban J connectivity index is 2.19. The monoisotopic (exact) mass is 194 g/mol. The molecule has 1 heterocycles. The van der Waals surface area contributed by atoms with Crippen LogP contribution in [0, 0.1) is 28.6 Å². The maximum atomic E-state index is 12.0. The van der Waals surface area contributed by atoms with Crippen molar-refractivity contribution in [2.24, 2.45) is 28.6 Å². The molecule has 5 unspecified atom stereocenters. The first-order valence-electron chi connectivity index (χ1n) is 5.62. The molecule has 0 radical (unpaired) electrons. The highest BCUT2D eigenvalue weighted by molar-refractivity contribution is 5.82. The van der Waals surface area contributed by atoms with Gasteiger partial charge < -0.3 is 4.74 Å². The molecule has 0 N–H and O–H groups in total. The fourth-order valence-corrected chi connectivity index (χ4v) is 4.45. The Morgan fingerprint density at radius 1 is 1.29 bits per heavy atom. The maximum Gasteiger partial charge on any atom is 0.313 e. The number of carbonyl (C=O) groups is 1. The Bertz CT molecular complexity index is 320. The first-order valence-corrected chi connectivity index (χ1v) is 5.62. The average Bonchev–Trinajstić information content (AvgIpc) is 2.59. The minimum atomic E-state index is -0.200. The lowest BCUT2D eigenvalue weighted by Crippen LogP contribution is -2.46. The molecule has 2 nitrogen and oxygen atoms in total. The van der Waals surface area contributed by atoms with Gasteiger partial charge in [0.05, 0.1) is 5.41 Å². The van der Waals surface area contributed by atoms with Crippen LogP contribution in [0.4, 0.5) is 0 Å². The van der Waals surface area contributed by atoms with Crippen molar-refractivity contribution in [2.45, 2.75) is 40.2 Å². The molecule has 0 aromatic rings.